The van der Waals surface area contributed by atoms with Crippen molar-refractivity contribution in [3.05, 3.63) is 11.1 Å². The maximum atomic E-state index is 12.1. The van der Waals surface area contributed by atoms with Crippen LogP contribution in [-0.2, 0) is 23.9 Å². The van der Waals surface area contributed by atoms with Crippen molar-refractivity contribution in [3.8, 4) is 0 Å². The molecule has 0 radical (unpaired) electrons. The molecule has 0 aromatic carbocycles. The van der Waals surface area contributed by atoms with Crippen molar-refractivity contribution in [2.45, 2.75) is 32.3 Å². The molecule has 5 heteroatoms. The molecule has 0 unspecified atom stereocenters. The summed E-state index contributed by atoms with van der Waals surface area (Å²) in [5.74, 6) is -1.27. The number of fused-ring (bicyclic) bond motifs is 2. The first-order valence-electron chi connectivity index (χ1n) is 6.05. The maximum Gasteiger partial charge on any atom is 0.317 e. The second-order valence-electron chi connectivity index (χ2n) is 5.22. The van der Waals surface area contributed by atoms with Crippen LogP contribution in [0.4, 0.5) is 0 Å². The summed E-state index contributed by atoms with van der Waals surface area (Å²) in [4.78, 5) is 35.8. The fraction of sp³-hybridized carbons (Fsp3) is 0.615. The molecular formula is C13H14O5. The zero-order chi connectivity index (χ0) is 13.1. The normalized spacial score (nSPS) is 37.7. The Labute approximate surface area is 104 Å². The summed E-state index contributed by atoms with van der Waals surface area (Å²) in [6.45, 7) is 1.69. The summed E-state index contributed by atoms with van der Waals surface area (Å²) in [5.41, 5.74) is 0.427. The molecule has 4 aliphatic rings. The number of hydrogen-bond acceptors (Lipinski definition) is 5. The van der Waals surface area contributed by atoms with Crippen molar-refractivity contribution in [2.75, 3.05) is 7.11 Å². The number of carbonyl (C=O) groups is 3. The van der Waals surface area contributed by atoms with Gasteiger partial charge in [0.05, 0.1) is 13.0 Å². The average Bonchev–Trinajstić information content (AvgIpc) is 2.74. The van der Waals surface area contributed by atoms with E-state index in [-0.39, 0.29) is 5.78 Å². The molecule has 0 N–H and O–H groups in total. The van der Waals surface area contributed by atoms with Gasteiger partial charge in [-0.15, -0.1) is 0 Å². The van der Waals surface area contributed by atoms with Gasteiger partial charge in [-0.25, -0.2) is 0 Å². The number of Topliss-reactive ketones (excluding diaryl/α,β-unsaturated/α-hetero) is 1. The van der Waals surface area contributed by atoms with Gasteiger partial charge in [0.15, 0.2) is 5.78 Å². The Hall–Kier alpha value is -1.65. The van der Waals surface area contributed by atoms with Crippen LogP contribution in [-0.4, -0.2) is 30.9 Å². The van der Waals surface area contributed by atoms with E-state index < -0.39 is 29.4 Å². The molecule has 2 heterocycles. The fourth-order valence-electron chi connectivity index (χ4n) is 3.47. The van der Waals surface area contributed by atoms with Gasteiger partial charge in [-0.05, 0) is 18.9 Å². The number of hydrogen-bond donors (Lipinski definition) is 0. The highest BCUT2D eigenvalue weighted by Crippen LogP contribution is 2.55. The van der Waals surface area contributed by atoms with E-state index >= 15 is 0 Å². The Morgan fingerprint density at radius 2 is 2.11 bits per heavy atom. The van der Waals surface area contributed by atoms with Gasteiger partial charge in [-0.3, -0.25) is 14.4 Å². The SMILES string of the molecule is COC(=O)[C@@H]1C[C@H]2OC(=O)[C@]1(C)C1=C2C(=O)CC1. The van der Waals surface area contributed by atoms with E-state index in [1.807, 2.05) is 0 Å². The zero-order valence-electron chi connectivity index (χ0n) is 10.3. The number of methoxy groups -OCH3 is 1. The predicted octanol–water partition coefficient (Wildman–Crippen LogP) is 0.770. The van der Waals surface area contributed by atoms with Crippen molar-refractivity contribution < 1.29 is 23.9 Å². The van der Waals surface area contributed by atoms with Crippen LogP contribution in [0, 0.1) is 11.3 Å². The molecule has 2 aliphatic carbocycles. The molecule has 2 aliphatic heterocycles. The lowest BCUT2D eigenvalue weighted by Gasteiger charge is -2.47. The van der Waals surface area contributed by atoms with Crippen molar-refractivity contribution in [1.82, 2.24) is 0 Å². The zero-order valence-corrected chi connectivity index (χ0v) is 10.3. The first kappa shape index (κ1) is 11.4. The Bertz CT molecular complexity index is 504. The summed E-state index contributed by atoms with van der Waals surface area (Å²) < 4.78 is 10.0. The Morgan fingerprint density at radius 1 is 1.39 bits per heavy atom. The van der Waals surface area contributed by atoms with Gasteiger partial charge < -0.3 is 9.47 Å². The van der Waals surface area contributed by atoms with Crippen molar-refractivity contribution in [1.29, 1.82) is 0 Å². The molecule has 0 saturated carbocycles. The monoisotopic (exact) mass is 250 g/mol. The Morgan fingerprint density at radius 3 is 2.78 bits per heavy atom. The third kappa shape index (κ3) is 1.14. The molecule has 0 aromatic heterocycles. The van der Waals surface area contributed by atoms with Crippen LogP contribution >= 0.6 is 0 Å². The summed E-state index contributed by atoms with van der Waals surface area (Å²) in [6, 6.07) is 0. The van der Waals surface area contributed by atoms with Crippen LogP contribution in [0.1, 0.15) is 26.2 Å². The van der Waals surface area contributed by atoms with Crippen LogP contribution in [0.5, 0.6) is 0 Å². The van der Waals surface area contributed by atoms with E-state index in [2.05, 4.69) is 0 Å². The van der Waals surface area contributed by atoms with Gasteiger partial charge in [0.2, 0.25) is 0 Å². The van der Waals surface area contributed by atoms with E-state index in [1.54, 1.807) is 6.92 Å². The van der Waals surface area contributed by atoms with Crippen LogP contribution in [0.15, 0.2) is 11.1 Å². The molecule has 18 heavy (non-hydrogen) atoms. The van der Waals surface area contributed by atoms with Crippen LogP contribution in [0.3, 0.4) is 0 Å². The number of carbonyl (C=O) groups excluding carboxylic acids is 3. The highest BCUT2D eigenvalue weighted by molar-refractivity contribution is 6.05. The molecule has 3 atom stereocenters. The Kier molecular flexibility index (Phi) is 2.18. The average molecular weight is 250 g/mol. The number of ketones is 1. The lowest BCUT2D eigenvalue weighted by Crippen LogP contribution is -2.55. The van der Waals surface area contributed by atoms with E-state index in [1.165, 1.54) is 7.11 Å². The minimum Gasteiger partial charge on any atom is -0.469 e. The highest BCUT2D eigenvalue weighted by Gasteiger charge is 2.62. The van der Waals surface area contributed by atoms with Crippen LogP contribution in [0.2, 0.25) is 0 Å². The standard InChI is InChI=1S/C13H14O5/c1-13-6-3-4-8(14)10(6)9(18-12(13)16)5-7(13)11(15)17-2/h7,9H,3-5H2,1-2H3/t7-,9+,13+/m0/s1. The lowest BCUT2D eigenvalue weighted by atomic mass is 9.61. The quantitative estimate of drug-likeness (QED) is 0.643. The molecule has 96 valence electrons. The summed E-state index contributed by atoms with van der Waals surface area (Å²) in [6.07, 6.45) is 0.790. The van der Waals surface area contributed by atoms with Gasteiger partial charge in [-0.1, -0.05) is 0 Å². The van der Waals surface area contributed by atoms with E-state index in [0.717, 1.165) is 5.57 Å². The van der Waals surface area contributed by atoms with E-state index in [9.17, 15) is 14.4 Å². The van der Waals surface area contributed by atoms with Crippen molar-refractivity contribution >= 4 is 17.7 Å². The molecule has 1 fully saturated rings. The molecule has 0 aromatic rings. The first-order valence-corrected chi connectivity index (χ1v) is 6.05. The molecule has 0 amide bonds. The van der Waals surface area contributed by atoms with Crippen molar-refractivity contribution in [3.63, 3.8) is 0 Å². The minimum atomic E-state index is -1.01. The maximum absolute atomic E-state index is 12.1. The van der Waals surface area contributed by atoms with Crippen molar-refractivity contribution in [2.24, 2.45) is 11.3 Å². The highest BCUT2D eigenvalue weighted by atomic mass is 16.6. The fourth-order valence-corrected chi connectivity index (χ4v) is 3.47. The van der Waals surface area contributed by atoms with Crippen LogP contribution < -0.4 is 0 Å². The number of ether oxygens (including phenoxy) is 2. The topological polar surface area (TPSA) is 69.7 Å². The van der Waals surface area contributed by atoms with E-state index in [4.69, 9.17) is 9.47 Å². The molecule has 2 bridgehead atoms. The van der Waals surface area contributed by atoms with Gasteiger partial charge in [-0.2, -0.15) is 0 Å². The second-order valence-corrected chi connectivity index (χ2v) is 5.22. The van der Waals surface area contributed by atoms with Gasteiger partial charge in [0, 0.05) is 18.4 Å². The third-order valence-electron chi connectivity index (χ3n) is 4.48. The van der Waals surface area contributed by atoms with Gasteiger partial charge in [0.1, 0.15) is 11.5 Å². The number of esters is 2. The smallest absolute Gasteiger partial charge is 0.317 e. The van der Waals surface area contributed by atoms with Crippen LogP contribution in [0.25, 0.3) is 0 Å². The summed E-state index contributed by atoms with van der Waals surface area (Å²) in [5, 5.41) is 0. The molecule has 0 spiro atoms. The molecule has 1 saturated heterocycles. The molecular weight excluding hydrogens is 236 g/mol. The molecule has 5 nitrogen and oxygen atoms in total. The minimum absolute atomic E-state index is 0.0528. The second kappa shape index (κ2) is 3.43. The summed E-state index contributed by atoms with van der Waals surface area (Å²) in [7, 11) is 1.31. The lowest BCUT2D eigenvalue weighted by molar-refractivity contribution is -0.182. The number of rotatable bonds is 1. The van der Waals surface area contributed by atoms with Gasteiger partial charge in [0.25, 0.3) is 0 Å². The largest absolute Gasteiger partial charge is 0.469 e. The predicted molar refractivity (Wildman–Crippen MR) is 59.4 cm³/mol. The first-order chi connectivity index (χ1) is 8.50. The summed E-state index contributed by atoms with van der Waals surface area (Å²) >= 11 is 0. The Balaban J connectivity index is 2.14. The molecule has 4 rings (SSSR count). The third-order valence-corrected chi connectivity index (χ3v) is 4.48. The van der Waals surface area contributed by atoms with E-state index in [0.29, 0.717) is 24.8 Å². The van der Waals surface area contributed by atoms with Gasteiger partial charge >= 0.3 is 11.9 Å².